The van der Waals surface area contributed by atoms with Crippen LogP contribution in [0.1, 0.15) is 18.5 Å². The van der Waals surface area contributed by atoms with Crippen LogP contribution in [0.3, 0.4) is 0 Å². The summed E-state index contributed by atoms with van der Waals surface area (Å²) in [6.45, 7) is 5.32. The van der Waals surface area contributed by atoms with E-state index in [4.69, 9.17) is 4.74 Å². The standard InChI is InChI=1S/C14H22BrFN2O/c1-11(13-10-12(15)4-5-14(13)16)17-6-7-18(2)8-9-19-3/h4-5,10-11,17H,6-9H2,1-3H3. The predicted octanol–water partition coefficient (Wildman–Crippen LogP) is 2.82. The van der Waals surface area contributed by atoms with E-state index in [2.05, 4.69) is 26.1 Å². The molecule has 5 heteroatoms. The van der Waals surface area contributed by atoms with Crippen molar-refractivity contribution in [3.8, 4) is 0 Å². The molecule has 3 nitrogen and oxygen atoms in total. The van der Waals surface area contributed by atoms with Crippen LogP contribution in [0.15, 0.2) is 22.7 Å². The van der Waals surface area contributed by atoms with Gasteiger partial charge >= 0.3 is 0 Å². The number of rotatable bonds is 8. The van der Waals surface area contributed by atoms with Gasteiger partial charge in [0.15, 0.2) is 0 Å². The largest absolute Gasteiger partial charge is 0.383 e. The second-order valence-corrected chi connectivity index (χ2v) is 5.55. The van der Waals surface area contributed by atoms with E-state index in [9.17, 15) is 4.39 Å². The number of nitrogens with zero attached hydrogens (tertiary/aromatic N) is 1. The second kappa shape index (κ2) is 8.64. The van der Waals surface area contributed by atoms with Gasteiger partial charge in [-0.25, -0.2) is 4.39 Å². The zero-order valence-electron chi connectivity index (χ0n) is 11.7. The van der Waals surface area contributed by atoms with E-state index in [-0.39, 0.29) is 11.9 Å². The zero-order valence-corrected chi connectivity index (χ0v) is 13.3. The molecular formula is C14H22BrFN2O. The van der Waals surface area contributed by atoms with Crippen molar-refractivity contribution in [1.29, 1.82) is 0 Å². The molecule has 1 rings (SSSR count). The summed E-state index contributed by atoms with van der Waals surface area (Å²) in [5.41, 5.74) is 0.689. The molecule has 1 atom stereocenters. The lowest BCUT2D eigenvalue weighted by atomic mass is 10.1. The molecule has 0 amide bonds. The Morgan fingerprint density at radius 3 is 2.84 bits per heavy atom. The Kier molecular flexibility index (Phi) is 7.53. The molecule has 1 unspecified atom stereocenters. The van der Waals surface area contributed by atoms with E-state index < -0.39 is 0 Å². The fraction of sp³-hybridized carbons (Fsp3) is 0.571. The SMILES string of the molecule is COCCN(C)CCNC(C)c1cc(Br)ccc1F. The van der Waals surface area contributed by atoms with Crippen molar-refractivity contribution < 1.29 is 9.13 Å². The molecular weight excluding hydrogens is 311 g/mol. The predicted molar refractivity (Wildman–Crippen MR) is 79.9 cm³/mol. The Bertz CT molecular complexity index is 390. The van der Waals surface area contributed by atoms with Crippen LogP contribution < -0.4 is 5.32 Å². The van der Waals surface area contributed by atoms with Crippen LogP contribution in [0.25, 0.3) is 0 Å². The highest BCUT2D eigenvalue weighted by Gasteiger charge is 2.10. The molecule has 0 aliphatic carbocycles. The van der Waals surface area contributed by atoms with Gasteiger partial charge in [0.2, 0.25) is 0 Å². The van der Waals surface area contributed by atoms with E-state index in [1.165, 1.54) is 6.07 Å². The van der Waals surface area contributed by atoms with Crippen LogP contribution in [0.5, 0.6) is 0 Å². The number of hydrogen-bond donors (Lipinski definition) is 1. The average molecular weight is 333 g/mol. The summed E-state index contributed by atoms with van der Waals surface area (Å²) < 4.78 is 19.6. The fourth-order valence-corrected chi connectivity index (χ4v) is 2.17. The van der Waals surface area contributed by atoms with Gasteiger partial charge < -0.3 is 15.0 Å². The van der Waals surface area contributed by atoms with E-state index in [0.29, 0.717) is 5.56 Å². The highest BCUT2D eigenvalue weighted by molar-refractivity contribution is 9.10. The quantitative estimate of drug-likeness (QED) is 0.792. The maximum Gasteiger partial charge on any atom is 0.128 e. The maximum atomic E-state index is 13.7. The first-order chi connectivity index (χ1) is 9.04. The molecule has 0 heterocycles. The van der Waals surface area contributed by atoms with Gasteiger partial charge in [-0.2, -0.15) is 0 Å². The Morgan fingerprint density at radius 2 is 2.16 bits per heavy atom. The third-order valence-electron chi connectivity index (χ3n) is 3.05. The third kappa shape index (κ3) is 5.99. The zero-order chi connectivity index (χ0) is 14.3. The summed E-state index contributed by atoms with van der Waals surface area (Å²) in [4.78, 5) is 2.18. The summed E-state index contributed by atoms with van der Waals surface area (Å²) >= 11 is 3.37. The molecule has 0 saturated heterocycles. The monoisotopic (exact) mass is 332 g/mol. The number of methoxy groups -OCH3 is 1. The van der Waals surface area contributed by atoms with Crippen LogP contribution in [0.4, 0.5) is 4.39 Å². The second-order valence-electron chi connectivity index (χ2n) is 4.64. The molecule has 0 saturated carbocycles. The molecule has 0 fully saturated rings. The van der Waals surface area contributed by atoms with E-state index in [0.717, 1.165) is 30.7 Å². The summed E-state index contributed by atoms with van der Waals surface area (Å²) in [5.74, 6) is -0.170. The molecule has 1 aromatic carbocycles. The van der Waals surface area contributed by atoms with Crippen molar-refractivity contribution in [2.45, 2.75) is 13.0 Å². The van der Waals surface area contributed by atoms with Gasteiger partial charge in [0.1, 0.15) is 5.82 Å². The van der Waals surface area contributed by atoms with Crippen LogP contribution in [0, 0.1) is 5.82 Å². The van der Waals surface area contributed by atoms with Crippen LogP contribution in [-0.4, -0.2) is 45.3 Å². The number of halogens is 2. The van der Waals surface area contributed by atoms with E-state index in [1.807, 2.05) is 20.0 Å². The first kappa shape index (κ1) is 16.6. The summed E-state index contributed by atoms with van der Waals surface area (Å²) in [5, 5.41) is 3.33. The summed E-state index contributed by atoms with van der Waals surface area (Å²) in [7, 11) is 3.75. The van der Waals surface area contributed by atoms with E-state index >= 15 is 0 Å². The van der Waals surface area contributed by atoms with Gasteiger partial charge in [-0.3, -0.25) is 0 Å². The summed E-state index contributed by atoms with van der Waals surface area (Å²) in [6.07, 6.45) is 0. The highest BCUT2D eigenvalue weighted by atomic mass is 79.9. The van der Waals surface area contributed by atoms with Crippen molar-refractivity contribution in [2.75, 3.05) is 40.4 Å². The van der Waals surface area contributed by atoms with Crippen LogP contribution in [0.2, 0.25) is 0 Å². The molecule has 0 spiro atoms. The lowest BCUT2D eigenvalue weighted by Crippen LogP contribution is -2.32. The van der Waals surface area contributed by atoms with Gasteiger partial charge in [-0.1, -0.05) is 15.9 Å². The first-order valence-corrected chi connectivity index (χ1v) is 7.19. The first-order valence-electron chi connectivity index (χ1n) is 6.40. The number of nitrogens with one attached hydrogen (secondary N) is 1. The van der Waals surface area contributed by atoms with Gasteiger partial charge in [-0.15, -0.1) is 0 Å². The van der Waals surface area contributed by atoms with Gasteiger partial charge in [0, 0.05) is 42.8 Å². The highest BCUT2D eigenvalue weighted by Crippen LogP contribution is 2.21. The lowest BCUT2D eigenvalue weighted by Gasteiger charge is -2.19. The topological polar surface area (TPSA) is 24.5 Å². The third-order valence-corrected chi connectivity index (χ3v) is 3.54. The molecule has 1 aromatic rings. The minimum Gasteiger partial charge on any atom is -0.383 e. The van der Waals surface area contributed by atoms with Crippen molar-refractivity contribution >= 4 is 15.9 Å². The van der Waals surface area contributed by atoms with Gasteiger partial charge in [-0.05, 0) is 32.2 Å². The molecule has 0 radical (unpaired) electrons. The fourth-order valence-electron chi connectivity index (χ4n) is 1.79. The van der Waals surface area contributed by atoms with Crippen LogP contribution >= 0.6 is 15.9 Å². The molecule has 0 aliphatic rings. The molecule has 0 aromatic heterocycles. The molecule has 108 valence electrons. The molecule has 19 heavy (non-hydrogen) atoms. The van der Waals surface area contributed by atoms with Crippen molar-refractivity contribution in [3.05, 3.63) is 34.1 Å². The number of likely N-dealkylation sites (N-methyl/N-ethyl adjacent to an activating group) is 1. The average Bonchev–Trinajstić information content (AvgIpc) is 2.39. The smallest absolute Gasteiger partial charge is 0.128 e. The Balaban J connectivity index is 2.38. The van der Waals surface area contributed by atoms with Gasteiger partial charge in [0.05, 0.1) is 6.61 Å². The number of benzene rings is 1. The normalized spacial score (nSPS) is 12.9. The van der Waals surface area contributed by atoms with Crippen molar-refractivity contribution in [1.82, 2.24) is 10.2 Å². The van der Waals surface area contributed by atoms with Crippen molar-refractivity contribution in [3.63, 3.8) is 0 Å². The minimum absolute atomic E-state index is 0.00618. The summed E-state index contributed by atoms with van der Waals surface area (Å²) in [6, 6.07) is 5.02. The molecule has 1 N–H and O–H groups in total. The maximum absolute atomic E-state index is 13.7. The van der Waals surface area contributed by atoms with Gasteiger partial charge in [0.25, 0.3) is 0 Å². The Morgan fingerprint density at radius 1 is 1.42 bits per heavy atom. The van der Waals surface area contributed by atoms with Crippen LogP contribution in [-0.2, 0) is 4.74 Å². The number of ether oxygens (including phenoxy) is 1. The lowest BCUT2D eigenvalue weighted by molar-refractivity contribution is 0.161. The molecule has 0 bridgehead atoms. The Labute approximate surface area is 123 Å². The Hall–Kier alpha value is -0.490. The minimum atomic E-state index is -0.170. The van der Waals surface area contributed by atoms with Crippen molar-refractivity contribution in [2.24, 2.45) is 0 Å². The number of hydrogen-bond acceptors (Lipinski definition) is 3. The van der Waals surface area contributed by atoms with E-state index in [1.54, 1.807) is 13.2 Å². The molecule has 0 aliphatic heterocycles.